The summed E-state index contributed by atoms with van der Waals surface area (Å²) in [5, 5.41) is 7.54. The number of fused-ring (bicyclic) bond motifs is 4. The van der Waals surface area contributed by atoms with E-state index in [1.165, 1.54) is 102 Å². The molecular formula is C70H73BBrF2IN10O14S4. The van der Waals surface area contributed by atoms with Gasteiger partial charge in [0.15, 0.2) is 0 Å². The summed E-state index contributed by atoms with van der Waals surface area (Å²) in [5.41, 5.74) is 3.97. The Morgan fingerprint density at radius 2 is 1.03 bits per heavy atom. The van der Waals surface area contributed by atoms with E-state index in [4.69, 9.17) is 32.6 Å². The Labute approximate surface area is 627 Å². The third-order valence-corrected chi connectivity index (χ3v) is 23.1. The van der Waals surface area contributed by atoms with Gasteiger partial charge in [0.1, 0.15) is 56.0 Å². The van der Waals surface area contributed by atoms with E-state index in [1.54, 1.807) is 77.9 Å². The molecule has 0 saturated carbocycles. The summed E-state index contributed by atoms with van der Waals surface area (Å²) < 4.78 is 117. The number of thiazole rings is 2. The highest BCUT2D eigenvalue weighted by atomic mass is 127. The highest BCUT2D eigenvalue weighted by Crippen LogP contribution is 2.47. The number of ether oxygens (including phenoxy) is 2. The highest BCUT2D eigenvalue weighted by Gasteiger charge is 2.53. The maximum Gasteiger partial charge on any atom is 0.497 e. The molecule has 0 unspecified atom stereocenters. The van der Waals surface area contributed by atoms with Crippen molar-refractivity contribution in [2.45, 2.75) is 78.4 Å². The number of rotatable bonds is 14. The minimum Gasteiger partial charge on any atom is -0.480 e. The smallest absolute Gasteiger partial charge is 0.480 e. The van der Waals surface area contributed by atoms with E-state index in [1.807, 2.05) is 33.8 Å². The molecule has 2 N–H and O–H groups in total. The second-order valence-corrected chi connectivity index (χ2v) is 32.3. The van der Waals surface area contributed by atoms with Crippen LogP contribution in [0.4, 0.5) is 31.8 Å². The van der Waals surface area contributed by atoms with Gasteiger partial charge in [0.2, 0.25) is 43.6 Å². The number of hydrogen-bond donors (Lipinski definition) is 2. The molecule has 33 heteroatoms. The molecule has 542 valence electrons. The number of aromatic nitrogens is 4. The molecular weight excluding hydrogens is 1590 g/mol. The van der Waals surface area contributed by atoms with Gasteiger partial charge in [-0.05, 0) is 142 Å². The lowest BCUT2D eigenvalue weighted by molar-refractivity contribution is -0.117. The molecule has 1 fully saturated rings. The Hall–Kier alpha value is -8.45. The Balaban J connectivity index is 0.000000177. The zero-order chi connectivity index (χ0) is 73.8. The van der Waals surface area contributed by atoms with Gasteiger partial charge in [-0.15, -0.1) is 46.7 Å². The number of aryl methyl sites for hydroxylation is 2. The summed E-state index contributed by atoms with van der Waals surface area (Å²) in [4.78, 5) is 74.0. The summed E-state index contributed by atoms with van der Waals surface area (Å²) in [6.45, 7) is 12.0. The van der Waals surface area contributed by atoms with Crippen LogP contribution in [0.1, 0.15) is 84.9 Å². The first-order valence-electron chi connectivity index (χ1n) is 31.9. The molecule has 3 aliphatic rings. The third kappa shape index (κ3) is 15.6. The number of halogens is 4. The van der Waals surface area contributed by atoms with Gasteiger partial charge in [-0.25, -0.2) is 45.6 Å². The minimum atomic E-state index is -3.75. The summed E-state index contributed by atoms with van der Waals surface area (Å²) in [6.07, 6.45) is 8.96. The fourth-order valence-corrected chi connectivity index (χ4v) is 15.4. The minimum absolute atomic E-state index is 0. The molecule has 13 rings (SSSR count). The van der Waals surface area contributed by atoms with Crippen LogP contribution in [0.5, 0.6) is 11.8 Å². The predicted molar refractivity (Wildman–Crippen MR) is 411 cm³/mol. The van der Waals surface area contributed by atoms with Crippen molar-refractivity contribution in [2.24, 2.45) is 0 Å². The van der Waals surface area contributed by atoms with E-state index in [0.717, 1.165) is 84.0 Å². The molecule has 0 bridgehead atoms. The predicted octanol–water partition coefficient (Wildman–Crippen LogP) is 12.7. The lowest BCUT2D eigenvalue weighted by atomic mass is 9.77. The number of methoxy groups -OCH3 is 2. The molecule has 0 aliphatic carbocycles. The quantitative estimate of drug-likeness (QED) is 0.0755. The topological polar surface area (TPSA) is 288 Å². The van der Waals surface area contributed by atoms with E-state index >= 15 is 0 Å². The molecule has 103 heavy (non-hydrogen) atoms. The maximum atomic E-state index is 13.7. The van der Waals surface area contributed by atoms with Gasteiger partial charge in [0, 0.05) is 132 Å². The molecule has 0 spiro atoms. The van der Waals surface area contributed by atoms with Crippen LogP contribution in [0.15, 0.2) is 111 Å². The van der Waals surface area contributed by atoms with Gasteiger partial charge >= 0.3 is 7.12 Å². The van der Waals surface area contributed by atoms with E-state index in [2.05, 4.69) is 41.5 Å². The third-order valence-electron chi connectivity index (χ3n) is 18.0. The molecule has 6 aromatic heterocycles. The lowest BCUT2D eigenvalue weighted by Crippen LogP contribution is -2.41. The van der Waals surface area contributed by atoms with Crippen LogP contribution < -0.4 is 44.0 Å². The molecule has 10 aromatic rings. The molecule has 9 heterocycles. The average molecular weight is 1660 g/mol. The number of pyridine rings is 2. The van der Waals surface area contributed by atoms with Crippen molar-refractivity contribution in [3.8, 4) is 66.7 Å². The zero-order valence-electron chi connectivity index (χ0n) is 58.5. The van der Waals surface area contributed by atoms with Crippen molar-refractivity contribution in [2.75, 3.05) is 86.4 Å². The van der Waals surface area contributed by atoms with Gasteiger partial charge in [0.05, 0.1) is 71.6 Å². The van der Waals surface area contributed by atoms with Crippen molar-refractivity contribution >= 4 is 164 Å². The van der Waals surface area contributed by atoms with Crippen molar-refractivity contribution in [3.63, 3.8) is 0 Å². The fourth-order valence-electron chi connectivity index (χ4n) is 11.8. The summed E-state index contributed by atoms with van der Waals surface area (Å²) >= 11 is 6.47. The Kier molecular flexibility index (Phi) is 22.7. The van der Waals surface area contributed by atoms with Crippen molar-refractivity contribution in [1.82, 2.24) is 30.6 Å². The first kappa shape index (κ1) is 77.2. The summed E-state index contributed by atoms with van der Waals surface area (Å²) in [7, 11) is 0.617. The Morgan fingerprint density at radius 3 is 1.46 bits per heavy atom. The standard InChI is InChI=1S/C32H30FN5O6S2.C24H28BFN2O6S.C14H14BrN3O2S.HI/c1-17(39)38-12-6-7-26-29(38)36-32(45-26)23-13-19(16-35-31(23)43-4)21-14-22-25(15-24(21)37(3)46(5,41)42)44-28(27(22)30(40)34-2)18-8-10-20(33)11-9-18;1-23(2)24(3,4)34-25(33-23)17-12-16-19(13-18(17)28(6)35(7,30)31)32-21(20(16)22(29)27-5)14-8-10-15(26)11-9-14;1-8(19)18-5-3-4-11-12(18)17-14(21-11)10-6-9(15)7-16-13(10)20-2;/h8-11,13-16H,6-7,12H2,1-5H3,(H,34,40);8-13H,1-7H3,(H,27,29);6-7H,3-5H2,1-2H3;1H. The number of furan rings is 2. The van der Waals surface area contributed by atoms with Gasteiger partial charge in [-0.2, -0.15) is 0 Å². The second-order valence-electron chi connectivity index (χ2n) is 25.2. The van der Waals surface area contributed by atoms with E-state index in [-0.39, 0.29) is 75.3 Å². The Bertz CT molecular complexity index is 5200. The molecule has 4 aromatic carbocycles. The molecule has 4 amide bonds. The molecule has 3 aliphatic heterocycles. The number of sulfonamides is 2. The molecule has 1 saturated heterocycles. The van der Waals surface area contributed by atoms with Crippen molar-refractivity contribution in [3.05, 3.63) is 134 Å². The van der Waals surface area contributed by atoms with Gasteiger partial charge in [0.25, 0.3) is 11.8 Å². The number of nitrogens with one attached hydrogen (secondary N) is 2. The first-order valence-corrected chi connectivity index (χ1v) is 38.0. The van der Waals surface area contributed by atoms with Crippen LogP contribution in [-0.2, 0) is 51.8 Å². The maximum absolute atomic E-state index is 13.7. The summed E-state index contributed by atoms with van der Waals surface area (Å²) in [6, 6.07) is 21.3. The van der Waals surface area contributed by atoms with Crippen LogP contribution in [0.3, 0.4) is 0 Å². The van der Waals surface area contributed by atoms with E-state index in [9.17, 15) is 44.8 Å². The number of anilines is 4. The van der Waals surface area contributed by atoms with Crippen LogP contribution in [0.2, 0.25) is 0 Å². The van der Waals surface area contributed by atoms with Crippen molar-refractivity contribution < 1.29 is 72.4 Å². The summed E-state index contributed by atoms with van der Waals surface area (Å²) in [5.74, 6) is 0.910. The van der Waals surface area contributed by atoms with Crippen LogP contribution in [-0.4, -0.2) is 147 Å². The largest absolute Gasteiger partial charge is 0.497 e. The molecule has 0 radical (unpaired) electrons. The average Bonchev–Trinajstić information content (AvgIpc) is 1.62. The van der Waals surface area contributed by atoms with Crippen molar-refractivity contribution in [1.29, 1.82) is 0 Å². The molecule has 0 atom stereocenters. The van der Waals surface area contributed by atoms with Crippen LogP contribution in [0, 0.1) is 11.6 Å². The lowest BCUT2D eigenvalue weighted by Gasteiger charge is -2.32. The normalized spacial score (nSPS) is 14.5. The van der Waals surface area contributed by atoms with E-state index in [0.29, 0.717) is 78.9 Å². The van der Waals surface area contributed by atoms with Crippen LogP contribution in [0.25, 0.3) is 76.9 Å². The van der Waals surface area contributed by atoms with Gasteiger partial charge < -0.3 is 38.3 Å². The number of carbonyl (C=O) groups excluding carboxylic acids is 4. The van der Waals surface area contributed by atoms with Gasteiger partial charge in [-0.1, -0.05) is 0 Å². The fraction of sp³-hybridized carbons (Fsp3) is 0.314. The SMILES string of the molecule is CNC(=O)c1c(-c2ccc(F)cc2)oc2cc(N(C)S(C)(=O)=O)c(-c3cnc(OC)c(-c4nc5c(s4)CCCN5C(C)=O)c3)cc12.CNC(=O)c1c(-c2ccc(F)cc2)oc2cc(N(C)S(C)(=O)=O)c(B3OC(C)(C)C(C)(C)O3)cc12.COc1ncc(Br)cc1-c1nc2c(s1)CCCN2C(C)=O.I. The Morgan fingerprint density at radius 1 is 0.612 bits per heavy atom. The molecule has 24 nitrogen and oxygen atoms in total. The first-order chi connectivity index (χ1) is 48.2. The number of carbonyl (C=O) groups is 4. The van der Waals surface area contributed by atoms with Gasteiger partial charge in [-0.3, -0.25) is 37.6 Å². The number of nitrogens with zero attached hydrogens (tertiary/aromatic N) is 8. The highest BCUT2D eigenvalue weighted by molar-refractivity contribution is 14.0. The number of benzene rings is 4. The van der Waals surface area contributed by atoms with E-state index < -0.39 is 61.8 Å². The van der Waals surface area contributed by atoms with Crippen LogP contribution >= 0.6 is 62.6 Å². The zero-order valence-corrected chi connectivity index (χ0v) is 65.7. The monoisotopic (exact) mass is 1660 g/mol. The second kappa shape index (κ2) is 30.3. The number of amides is 4. The number of hydrogen-bond acceptors (Lipinski definition) is 20.